The molecule has 0 radical (unpaired) electrons. The van der Waals surface area contributed by atoms with E-state index < -0.39 is 0 Å². The fraction of sp³-hybridized carbons (Fsp3) is 0.0909. The van der Waals surface area contributed by atoms with Crippen molar-refractivity contribution in [3.8, 4) is 23.0 Å². The maximum atomic E-state index is 12.2. The van der Waals surface area contributed by atoms with Gasteiger partial charge in [-0.25, -0.2) is 4.98 Å². The molecule has 0 aliphatic heterocycles. The predicted molar refractivity (Wildman–Crippen MR) is 112 cm³/mol. The van der Waals surface area contributed by atoms with Crippen LogP contribution in [0.5, 0.6) is 11.5 Å². The molecule has 7 heteroatoms. The molecule has 6 nitrogen and oxygen atoms in total. The fourth-order valence-electron chi connectivity index (χ4n) is 2.74. The van der Waals surface area contributed by atoms with Crippen LogP contribution in [0.2, 0.25) is 5.02 Å². The van der Waals surface area contributed by atoms with E-state index in [1.54, 1.807) is 49.6 Å². The number of nitrogens with zero attached hydrogens (tertiary/aromatic N) is 1. The van der Waals surface area contributed by atoms with Crippen LogP contribution >= 0.6 is 11.6 Å². The number of nitrogens with one attached hydrogen (secondary N) is 1. The van der Waals surface area contributed by atoms with E-state index in [0.29, 0.717) is 33.4 Å². The summed E-state index contributed by atoms with van der Waals surface area (Å²) in [6.45, 7) is -0.118. The Morgan fingerprint density at radius 2 is 1.76 bits per heavy atom. The summed E-state index contributed by atoms with van der Waals surface area (Å²) >= 11 is 5.83. The van der Waals surface area contributed by atoms with Crippen LogP contribution in [0.25, 0.3) is 22.6 Å². The molecular formula is C22H17ClN2O4. The molecule has 146 valence electrons. The third kappa shape index (κ3) is 4.50. The van der Waals surface area contributed by atoms with Crippen LogP contribution in [0.1, 0.15) is 0 Å². The third-order valence-corrected chi connectivity index (χ3v) is 4.44. The standard InChI is InChI=1S/C22H17ClN2O4/c1-27-17-7-2-14(3-8-17)22-25-19-11-6-16(12-20(19)29-22)24-21(26)13-28-18-9-4-15(23)5-10-18/h2-12H,13H2,1H3,(H,24,26). The summed E-state index contributed by atoms with van der Waals surface area (Å²) in [5.74, 6) is 1.54. The van der Waals surface area contributed by atoms with E-state index >= 15 is 0 Å². The minimum absolute atomic E-state index is 0.118. The number of halogens is 1. The van der Waals surface area contributed by atoms with E-state index in [9.17, 15) is 4.79 Å². The first-order valence-electron chi connectivity index (χ1n) is 8.84. The fourth-order valence-corrected chi connectivity index (χ4v) is 2.86. The second-order valence-electron chi connectivity index (χ2n) is 6.22. The smallest absolute Gasteiger partial charge is 0.262 e. The number of methoxy groups -OCH3 is 1. The molecule has 4 rings (SSSR count). The van der Waals surface area contributed by atoms with Gasteiger partial charge in [-0.05, 0) is 60.7 Å². The molecule has 0 unspecified atom stereocenters. The maximum Gasteiger partial charge on any atom is 0.262 e. The lowest BCUT2D eigenvalue weighted by Gasteiger charge is -2.07. The van der Waals surface area contributed by atoms with E-state index in [-0.39, 0.29) is 12.5 Å². The van der Waals surface area contributed by atoms with Gasteiger partial charge in [-0.1, -0.05) is 11.6 Å². The zero-order valence-corrected chi connectivity index (χ0v) is 16.3. The number of carbonyl (C=O) groups excluding carboxylic acids is 1. The highest BCUT2D eigenvalue weighted by Gasteiger charge is 2.11. The number of fused-ring (bicyclic) bond motifs is 1. The highest BCUT2D eigenvalue weighted by Crippen LogP contribution is 2.27. The van der Waals surface area contributed by atoms with E-state index in [2.05, 4.69) is 10.3 Å². The summed E-state index contributed by atoms with van der Waals surface area (Å²) in [6, 6.07) is 19.5. The molecule has 0 bridgehead atoms. The molecule has 0 fully saturated rings. The molecule has 1 heterocycles. The average molecular weight is 409 g/mol. The number of anilines is 1. The molecule has 3 aromatic carbocycles. The summed E-state index contributed by atoms with van der Waals surface area (Å²) < 4.78 is 16.5. The molecule has 1 amide bonds. The van der Waals surface area contributed by atoms with Gasteiger partial charge in [-0.2, -0.15) is 0 Å². The summed E-state index contributed by atoms with van der Waals surface area (Å²) in [5, 5.41) is 3.39. The summed E-state index contributed by atoms with van der Waals surface area (Å²) in [7, 11) is 1.62. The molecule has 29 heavy (non-hydrogen) atoms. The van der Waals surface area contributed by atoms with E-state index in [1.807, 2.05) is 24.3 Å². The first-order valence-corrected chi connectivity index (χ1v) is 9.22. The number of ether oxygens (including phenoxy) is 2. The minimum atomic E-state index is -0.283. The van der Waals surface area contributed by atoms with Crippen LogP contribution in [0.4, 0.5) is 5.69 Å². The minimum Gasteiger partial charge on any atom is -0.497 e. The van der Waals surface area contributed by atoms with Crippen LogP contribution in [0.15, 0.2) is 71.1 Å². The van der Waals surface area contributed by atoms with Crippen molar-refractivity contribution in [3.63, 3.8) is 0 Å². The number of benzene rings is 3. The first-order chi connectivity index (χ1) is 14.1. The molecule has 0 aliphatic carbocycles. The zero-order chi connectivity index (χ0) is 20.2. The van der Waals surface area contributed by atoms with Crippen molar-refractivity contribution < 1.29 is 18.7 Å². The van der Waals surface area contributed by atoms with E-state index in [4.69, 9.17) is 25.5 Å². The van der Waals surface area contributed by atoms with Crippen molar-refractivity contribution in [2.24, 2.45) is 0 Å². The van der Waals surface area contributed by atoms with Crippen LogP contribution in [0.3, 0.4) is 0 Å². The lowest BCUT2D eigenvalue weighted by atomic mass is 10.2. The highest BCUT2D eigenvalue weighted by atomic mass is 35.5. The third-order valence-electron chi connectivity index (χ3n) is 4.19. The number of amides is 1. The molecule has 0 saturated heterocycles. The van der Waals surface area contributed by atoms with Gasteiger partial charge < -0.3 is 19.2 Å². The number of aromatic nitrogens is 1. The highest BCUT2D eigenvalue weighted by molar-refractivity contribution is 6.30. The van der Waals surface area contributed by atoms with Gasteiger partial charge in [0.05, 0.1) is 7.11 Å². The van der Waals surface area contributed by atoms with Crippen molar-refractivity contribution in [1.82, 2.24) is 4.98 Å². The van der Waals surface area contributed by atoms with Gasteiger partial charge in [-0.15, -0.1) is 0 Å². The van der Waals surface area contributed by atoms with Crippen molar-refractivity contribution >= 4 is 34.3 Å². The Morgan fingerprint density at radius 3 is 2.48 bits per heavy atom. The number of rotatable bonds is 6. The Hall–Kier alpha value is -3.51. The lowest BCUT2D eigenvalue weighted by Crippen LogP contribution is -2.20. The topological polar surface area (TPSA) is 73.6 Å². The van der Waals surface area contributed by atoms with E-state index in [0.717, 1.165) is 11.3 Å². The van der Waals surface area contributed by atoms with Gasteiger partial charge in [0.25, 0.3) is 5.91 Å². The Bertz CT molecular complexity index is 1140. The van der Waals surface area contributed by atoms with Gasteiger partial charge >= 0.3 is 0 Å². The van der Waals surface area contributed by atoms with Gasteiger partial charge in [0.15, 0.2) is 12.2 Å². The normalized spacial score (nSPS) is 10.7. The largest absolute Gasteiger partial charge is 0.497 e. The second-order valence-corrected chi connectivity index (χ2v) is 6.66. The van der Waals surface area contributed by atoms with Crippen LogP contribution < -0.4 is 14.8 Å². The van der Waals surface area contributed by atoms with Crippen LogP contribution in [-0.4, -0.2) is 24.6 Å². The van der Waals surface area contributed by atoms with Crippen molar-refractivity contribution in [1.29, 1.82) is 0 Å². The van der Waals surface area contributed by atoms with E-state index in [1.165, 1.54) is 0 Å². The Labute approximate surface area is 172 Å². The average Bonchev–Trinajstić information content (AvgIpc) is 3.17. The number of hydrogen-bond acceptors (Lipinski definition) is 5. The SMILES string of the molecule is COc1ccc(-c2nc3ccc(NC(=O)COc4ccc(Cl)cc4)cc3o2)cc1. The Morgan fingerprint density at radius 1 is 1.03 bits per heavy atom. The monoisotopic (exact) mass is 408 g/mol. The van der Waals surface area contributed by atoms with Crippen molar-refractivity contribution in [2.45, 2.75) is 0 Å². The number of carbonyl (C=O) groups is 1. The molecule has 0 aliphatic rings. The number of hydrogen-bond donors (Lipinski definition) is 1. The van der Waals surface area contributed by atoms with Gasteiger partial charge in [0, 0.05) is 22.3 Å². The zero-order valence-electron chi connectivity index (χ0n) is 15.5. The summed E-state index contributed by atoms with van der Waals surface area (Å²) in [5.41, 5.74) is 2.71. The van der Waals surface area contributed by atoms with Crippen LogP contribution in [0, 0.1) is 0 Å². The quantitative estimate of drug-likeness (QED) is 0.476. The molecule has 0 atom stereocenters. The summed E-state index contributed by atoms with van der Waals surface area (Å²) in [4.78, 5) is 16.6. The molecule has 1 N–H and O–H groups in total. The first kappa shape index (κ1) is 18.8. The lowest BCUT2D eigenvalue weighted by molar-refractivity contribution is -0.118. The molecule has 0 saturated carbocycles. The molecule has 1 aromatic heterocycles. The van der Waals surface area contributed by atoms with Gasteiger partial charge in [0.2, 0.25) is 5.89 Å². The number of oxazole rings is 1. The predicted octanol–water partition coefficient (Wildman–Crippen LogP) is 5.17. The van der Waals surface area contributed by atoms with Crippen molar-refractivity contribution in [2.75, 3.05) is 19.0 Å². The Balaban J connectivity index is 1.44. The van der Waals surface area contributed by atoms with Gasteiger partial charge in [-0.3, -0.25) is 4.79 Å². The molecule has 0 spiro atoms. The maximum absolute atomic E-state index is 12.2. The summed E-state index contributed by atoms with van der Waals surface area (Å²) in [6.07, 6.45) is 0. The van der Waals surface area contributed by atoms with Gasteiger partial charge in [0.1, 0.15) is 17.0 Å². The molecular weight excluding hydrogens is 392 g/mol. The second kappa shape index (κ2) is 8.24. The van der Waals surface area contributed by atoms with Crippen LogP contribution in [-0.2, 0) is 4.79 Å². The van der Waals surface area contributed by atoms with Crippen molar-refractivity contribution in [3.05, 3.63) is 71.8 Å². The molecule has 4 aromatic rings. The Kier molecular flexibility index (Phi) is 5.35.